The van der Waals surface area contributed by atoms with Crippen LogP contribution in [0.5, 0.6) is 0 Å². The third-order valence-electron chi connectivity index (χ3n) is 8.55. The standard InChI is InChI=1S/C23H40N4O4S/c1-15-12-26(23(29)20-13-25(3)14-24-20)22-11-18(7-10-21(22)27(15)16(2)28)17-5-8-19(9-6-17)32(4,30)31/h15,17-22,24H,5-14H2,1-4H3/t15-,17?,18?,19?,20?,21?,22?/m0/s1. The van der Waals surface area contributed by atoms with Crippen molar-refractivity contribution in [1.82, 2.24) is 20.0 Å². The van der Waals surface area contributed by atoms with Crippen molar-refractivity contribution in [3.63, 3.8) is 0 Å². The highest BCUT2D eigenvalue weighted by Crippen LogP contribution is 2.43. The van der Waals surface area contributed by atoms with Gasteiger partial charge in [0.1, 0.15) is 15.9 Å². The van der Waals surface area contributed by atoms with Gasteiger partial charge in [-0.1, -0.05) is 0 Å². The van der Waals surface area contributed by atoms with E-state index in [-0.39, 0.29) is 41.2 Å². The van der Waals surface area contributed by atoms with Gasteiger partial charge < -0.3 is 9.80 Å². The fourth-order valence-corrected chi connectivity index (χ4v) is 8.07. The number of likely N-dealkylation sites (N-methyl/N-ethyl adjacent to an activating group) is 1. The molecule has 2 aliphatic carbocycles. The van der Waals surface area contributed by atoms with E-state index in [0.29, 0.717) is 18.4 Å². The molecule has 0 bridgehead atoms. The van der Waals surface area contributed by atoms with Gasteiger partial charge in [-0.05, 0) is 70.8 Å². The number of hydrogen-bond acceptors (Lipinski definition) is 6. The maximum atomic E-state index is 13.5. The molecule has 4 aliphatic rings. The number of fused-ring (bicyclic) bond motifs is 1. The van der Waals surface area contributed by atoms with Crippen molar-refractivity contribution in [1.29, 1.82) is 0 Å². The highest BCUT2D eigenvalue weighted by atomic mass is 32.2. The quantitative estimate of drug-likeness (QED) is 0.666. The van der Waals surface area contributed by atoms with Gasteiger partial charge in [0, 0.05) is 39.0 Å². The van der Waals surface area contributed by atoms with Crippen LogP contribution in [0.4, 0.5) is 0 Å². The zero-order chi connectivity index (χ0) is 23.2. The van der Waals surface area contributed by atoms with Gasteiger partial charge in [-0.25, -0.2) is 8.42 Å². The van der Waals surface area contributed by atoms with Crippen LogP contribution in [0.3, 0.4) is 0 Å². The van der Waals surface area contributed by atoms with E-state index >= 15 is 0 Å². The van der Waals surface area contributed by atoms with E-state index in [0.717, 1.165) is 58.2 Å². The molecule has 2 amide bonds. The maximum absolute atomic E-state index is 13.5. The Labute approximate surface area is 193 Å². The lowest BCUT2D eigenvalue weighted by Gasteiger charge is -2.55. The molecular formula is C23H40N4O4S. The highest BCUT2D eigenvalue weighted by molar-refractivity contribution is 7.91. The van der Waals surface area contributed by atoms with Crippen LogP contribution in [0.1, 0.15) is 58.8 Å². The van der Waals surface area contributed by atoms with Crippen molar-refractivity contribution >= 4 is 21.7 Å². The van der Waals surface area contributed by atoms with Crippen molar-refractivity contribution in [3.05, 3.63) is 0 Å². The number of nitrogens with one attached hydrogen (secondary N) is 1. The van der Waals surface area contributed by atoms with Crippen molar-refractivity contribution in [2.45, 2.75) is 88.2 Å². The Morgan fingerprint density at radius 2 is 1.59 bits per heavy atom. The number of amides is 2. The normalized spacial score (nSPS) is 39.1. The van der Waals surface area contributed by atoms with Gasteiger partial charge in [-0.3, -0.25) is 19.8 Å². The Morgan fingerprint density at radius 3 is 2.16 bits per heavy atom. The average Bonchev–Trinajstić information content (AvgIpc) is 3.17. The molecule has 0 aromatic carbocycles. The van der Waals surface area contributed by atoms with Gasteiger partial charge in [-0.2, -0.15) is 0 Å². The van der Waals surface area contributed by atoms with Crippen LogP contribution in [0.25, 0.3) is 0 Å². The van der Waals surface area contributed by atoms with Crippen LogP contribution < -0.4 is 5.32 Å². The predicted octanol–water partition coefficient (Wildman–Crippen LogP) is 1.07. The summed E-state index contributed by atoms with van der Waals surface area (Å²) in [6.07, 6.45) is 7.68. The molecule has 4 fully saturated rings. The zero-order valence-corrected chi connectivity index (χ0v) is 20.8. The predicted molar refractivity (Wildman–Crippen MR) is 124 cm³/mol. The summed E-state index contributed by atoms with van der Waals surface area (Å²) in [5.74, 6) is 1.28. The molecule has 32 heavy (non-hydrogen) atoms. The second-order valence-corrected chi connectivity index (χ2v) is 13.1. The molecule has 2 saturated carbocycles. The monoisotopic (exact) mass is 468 g/mol. The van der Waals surface area contributed by atoms with E-state index in [1.807, 2.05) is 11.9 Å². The van der Waals surface area contributed by atoms with Crippen molar-refractivity contribution in [2.24, 2.45) is 11.8 Å². The third kappa shape index (κ3) is 4.71. The molecule has 0 spiro atoms. The van der Waals surface area contributed by atoms with Gasteiger partial charge in [0.05, 0.1) is 17.3 Å². The minimum Gasteiger partial charge on any atom is -0.334 e. The minimum absolute atomic E-state index is 0.0265. The molecule has 2 saturated heterocycles. The number of nitrogens with zero attached hydrogens (tertiary/aromatic N) is 3. The Balaban J connectivity index is 1.50. The lowest BCUT2D eigenvalue weighted by Crippen LogP contribution is -2.68. The lowest BCUT2D eigenvalue weighted by atomic mass is 9.69. The largest absolute Gasteiger partial charge is 0.334 e. The fourth-order valence-electron chi connectivity index (χ4n) is 6.94. The van der Waals surface area contributed by atoms with E-state index < -0.39 is 9.84 Å². The van der Waals surface area contributed by atoms with Gasteiger partial charge in [0.15, 0.2) is 0 Å². The van der Waals surface area contributed by atoms with E-state index in [4.69, 9.17) is 0 Å². The Hall–Kier alpha value is -1.19. The summed E-state index contributed by atoms with van der Waals surface area (Å²) in [4.78, 5) is 32.3. The summed E-state index contributed by atoms with van der Waals surface area (Å²) >= 11 is 0. The fraction of sp³-hybridized carbons (Fsp3) is 0.913. The zero-order valence-electron chi connectivity index (χ0n) is 20.0. The highest BCUT2D eigenvalue weighted by Gasteiger charge is 2.49. The van der Waals surface area contributed by atoms with Crippen LogP contribution in [-0.2, 0) is 19.4 Å². The summed E-state index contributed by atoms with van der Waals surface area (Å²) in [5, 5.41) is 3.15. The van der Waals surface area contributed by atoms with Gasteiger partial charge in [0.25, 0.3) is 0 Å². The molecule has 2 aliphatic heterocycles. The first-order valence-electron chi connectivity index (χ1n) is 12.3. The number of piperazine rings is 1. The van der Waals surface area contributed by atoms with Crippen molar-refractivity contribution < 1.29 is 18.0 Å². The first-order valence-corrected chi connectivity index (χ1v) is 14.2. The van der Waals surface area contributed by atoms with E-state index in [9.17, 15) is 18.0 Å². The first-order chi connectivity index (χ1) is 15.1. The van der Waals surface area contributed by atoms with Crippen LogP contribution in [0.15, 0.2) is 0 Å². The maximum Gasteiger partial charge on any atom is 0.241 e. The number of carbonyl (C=O) groups excluding carboxylic acids is 2. The van der Waals surface area contributed by atoms with Crippen LogP contribution >= 0.6 is 0 Å². The summed E-state index contributed by atoms with van der Waals surface area (Å²) in [6, 6.07) is -0.00878. The molecule has 0 aromatic rings. The van der Waals surface area contributed by atoms with E-state index in [1.54, 1.807) is 6.92 Å². The average molecular weight is 469 g/mol. The van der Waals surface area contributed by atoms with Gasteiger partial charge in [-0.15, -0.1) is 0 Å². The molecule has 4 unspecified atom stereocenters. The molecule has 5 atom stereocenters. The van der Waals surface area contributed by atoms with Crippen LogP contribution in [-0.4, -0.2) is 97.4 Å². The lowest BCUT2D eigenvalue weighted by molar-refractivity contribution is -0.155. The molecule has 0 aromatic heterocycles. The summed E-state index contributed by atoms with van der Waals surface area (Å²) in [6.45, 7) is 5.74. The van der Waals surface area contributed by atoms with E-state index in [2.05, 4.69) is 22.0 Å². The van der Waals surface area contributed by atoms with Gasteiger partial charge >= 0.3 is 0 Å². The number of carbonyl (C=O) groups is 2. The molecule has 1 N–H and O–H groups in total. The molecule has 9 heteroatoms. The Morgan fingerprint density at radius 1 is 0.938 bits per heavy atom. The van der Waals surface area contributed by atoms with Crippen LogP contribution in [0.2, 0.25) is 0 Å². The third-order valence-corrected chi connectivity index (χ3v) is 10.2. The summed E-state index contributed by atoms with van der Waals surface area (Å²) in [5.41, 5.74) is 0. The van der Waals surface area contributed by atoms with Crippen LogP contribution in [0, 0.1) is 11.8 Å². The molecule has 2 heterocycles. The molecule has 182 valence electrons. The molecule has 4 rings (SSSR count). The van der Waals surface area contributed by atoms with Crippen molar-refractivity contribution in [3.8, 4) is 0 Å². The summed E-state index contributed by atoms with van der Waals surface area (Å²) < 4.78 is 23.9. The molecule has 0 radical (unpaired) electrons. The second-order valence-electron chi connectivity index (χ2n) is 10.8. The number of sulfone groups is 1. The van der Waals surface area contributed by atoms with E-state index in [1.165, 1.54) is 6.26 Å². The van der Waals surface area contributed by atoms with Gasteiger partial charge in [0.2, 0.25) is 11.8 Å². The SMILES string of the molecule is CC(=O)N1C2CCC(C3CCC(S(C)(=O)=O)CC3)CC2N(C(=O)C2CN(C)CN2)C[C@@H]1C. The molecular weight excluding hydrogens is 428 g/mol. The Kier molecular flexibility index (Phi) is 6.90. The Bertz CT molecular complexity index is 826. The minimum atomic E-state index is -2.96. The number of hydrogen-bond donors (Lipinski definition) is 1. The second kappa shape index (κ2) is 9.22. The number of rotatable bonds is 3. The smallest absolute Gasteiger partial charge is 0.241 e. The van der Waals surface area contributed by atoms with Crippen molar-refractivity contribution in [2.75, 3.05) is 33.1 Å². The first kappa shape index (κ1) is 24.0. The molecule has 8 nitrogen and oxygen atoms in total. The topological polar surface area (TPSA) is 90.0 Å². The summed E-state index contributed by atoms with van der Waals surface area (Å²) in [7, 11) is -0.947.